The minimum absolute atomic E-state index is 0.407. The molecule has 2 aromatic rings. The highest BCUT2D eigenvalue weighted by Gasteiger charge is 2.10. The molecule has 0 fully saturated rings. The first-order chi connectivity index (χ1) is 8.56. The maximum Gasteiger partial charge on any atom is 0.145 e. The maximum atomic E-state index is 12.0. The molecule has 0 aliphatic carbocycles. The van der Waals surface area contributed by atoms with Crippen molar-refractivity contribution in [1.82, 2.24) is 14.8 Å². The van der Waals surface area contributed by atoms with Gasteiger partial charge in [0.1, 0.15) is 11.6 Å². The molecule has 18 heavy (non-hydrogen) atoms. The lowest BCUT2D eigenvalue weighted by atomic mass is 10.2. The molecule has 0 radical (unpaired) electrons. The number of benzene rings is 1. The van der Waals surface area contributed by atoms with Gasteiger partial charge in [0, 0.05) is 28.6 Å². The zero-order valence-corrected chi connectivity index (χ0v) is 11.8. The molecule has 6 heteroatoms. The Morgan fingerprint density at radius 2 is 2.11 bits per heavy atom. The van der Waals surface area contributed by atoms with Crippen LogP contribution in [0.3, 0.4) is 0 Å². The van der Waals surface area contributed by atoms with Crippen LogP contribution >= 0.6 is 11.6 Å². The Morgan fingerprint density at radius 3 is 2.72 bits per heavy atom. The van der Waals surface area contributed by atoms with Crippen LogP contribution in [0, 0.1) is 6.92 Å². The summed E-state index contributed by atoms with van der Waals surface area (Å²) in [6, 6.07) is 7.43. The molecule has 0 bridgehead atoms. The van der Waals surface area contributed by atoms with Crippen LogP contribution in [0.4, 0.5) is 0 Å². The van der Waals surface area contributed by atoms with Gasteiger partial charge in [-0.3, -0.25) is 4.21 Å². The number of hydrogen-bond acceptors (Lipinski definition) is 3. The molecule has 1 aromatic heterocycles. The van der Waals surface area contributed by atoms with Crippen LogP contribution < -0.4 is 0 Å². The van der Waals surface area contributed by atoms with Crippen molar-refractivity contribution in [1.29, 1.82) is 0 Å². The highest BCUT2D eigenvalue weighted by molar-refractivity contribution is 7.83. The molecular formula is C12H14ClN3OS. The van der Waals surface area contributed by atoms with Crippen molar-refractivity contribution >= 4 is 22.4 Å². The van der Waals surface area contributed by atoms with E-state index in [0.29, 0.717) is 16.5 Å². The second-order valence-electron chi connectivity index (χ2n) is 4.08. The summed E-state index contributed by atoms with van der Waals surface area (Å²) in [6.45, 7) is 1.87. The molecule has 1 heterocycles. The molecule has 0 unspecified atom stereocenters. The summed E-state index contributed by atoms with van der Waals surface area (Å²) < 4.78 is 13.9. The zero-order chi connectivity index (χ0) is 13.1. The summed E-state index contributed by atoms with van der Waals surface area (Å²) in [5.74, 6) is 2.45. The van der Waals surface area contributed by atoms with Crippen LogP contribution in [-0.2, 0) is 29.4 Å². The summed E-state index contributed by atoms with van der Waals surface area (Å²) >= 11 is 5.89. The monoisotopic (exact) mass is 283 g/mol. The smallest absolute Gasteiger partial charge is 0.145 e. The number of aryl methyl sites for hydroxylation is 1. The highest BCUT2D eigenvalue weighted by Crippen LogP contribution is 2.13. The predicted molar refractivity (Wildman–Crippen MR) is 72.7 cm³/mol. The van der Waals surface area contributed by atoms with E-state index >= 15 is 0 Å². The van der Waals surface area contributed by atoms with E-state index in [0.717, 1.165) is 17.2 Å². The molecule has 1 atom stereocenters. The van der Waals surface area contributed by atoms with Crippen molar-refractivity contribution in [2.75, 3.05) is 0 Å². The fourth-order valence-electron chi connectivity index (χ4n) is 1.58. The molecule has 0 aliphatic heterocycles. The number of halogens is 1. The van der Waals surface area contributed by atoms with Gasteiger partial charge < -0.3 is 4.57 Å². The Morgan fingerprint density at radius 1 is 1.33 bits per heavy atom. The first-order valence-corrected chi connectivity index (χ1v) is 7.37. The lowest BCUT2D eigenvalue weighted by Gasteiger charge is -2.03. The highest BCUT2D eigenvalue weighted by atomic mass is 35.5. The molecule has 4 nitrogen and oxygen atoms in total. The Balaban J connectivity index is 2.03. The average Bonchev–Trinajstić information content (AvgIpc) is 2.61. The largest absolute Gasteiger partial charge is 0.318 e. The van der Waals surface area contributed by atoms with Gasteiger partial charge in [0.25, 0.3) is 0 Å². The van der Waals surface area contributed by atoms with E-state index < -0.39 is 10.8 Å². The third-order valence-corrected chi connectivity index (χ3v) is 4.16. The molecule has 0 N–H and O–H groups in total. The second kappa shape index (κ2) is 5.63. The van der Waals surface area contributed by atoms with E-state index in [1.807, 2.05) is 36.7 Å². The summed E-state index contributed by atoms with van der Waals surface area (Å²) in [7, 11) is 0.867. The molecule has 1 aromatic carbocycles. The van der Waals surface area contributed by atoms with Crippen molar-refractivity contribution in [3.63, 3.8) is 0 Å². The quantitative estimate of drug-likeness (QED) is 0.864. The summed E-state index contributed by atoms with van der Waals surface area (Å²) in [4.78, 5) is 0. The van der Waals surface area contributed by atoms with E-state index in [4.69, 9.17) is 11.6 Å². The van der Waals surface area contributed by atoms with E-state index in [2.05, 4.69) is 10.2 Å². The average molecular weight is 284 g/mol. The Hall–Kier alpha value is -1.20. The molecule has 0 amide bonds. The molecule has 96 valence electrons. The predicted octanol–water partition coefficient (Wildman–Crippen LogP) is 2.23. The van der Waals surface area contributed by atoms with Crippen LogP contribution in [0.2, 0.25) is 5.02 Å². The zero-order valence-electron chi connectivity index (χ0n) is 10.3. The molecule has 0 saturated heterocycles. The Kier molecular flexibility index (Phi) is 4.14. The first kappa shape index (κ1) is 13.2. The van der Waals surface area contributed by atoms with Gasteiger partial charge in [0.2, 0.25) is 0 Å². The number of nitrogens with zero attached hydrogens (tertiary/aromatic N) is 3. The van der Waals surface area contributed by atoms with Crippen LogP contribution in [0.15, 0.2) is 24.3 Å². The maximum absolute atomic E-state index is 12.0. The Labute approximate surface area is 113 Å². The second-order valence-corrected chi connectivity index (χ2v) is 5.97. The Bertz CT molecular complexity index is 582. The standard InChI is InChI=1S/C12H14ClN3OS/c1-9-14-15-12(16(9)2)8-18(17)7-10-4-3-5-11(13)6-10/h3-6H,7-8H2,1-2H3/t18-/m1/s1. The van der Waals surface area contributed by atoms with E-state index in [1.165, 1.54) is 0 Å². The third kappa shape index (κ3) is 3.17. The van der Waals surface area contributed by atoms with Gasteiger partial charge in [-0.25, -0.2) is 0 Å². The molecule has 0 aliphatic rings. The van der Waals surface area contributed by atoms with Gasteiger partial charge in [-0.2, -0.15) is 0 Å². The minimum atomic E-state index is -1.01. The van der Waals surface area contributed by atoms with Crippen molar-refractivity contribution in [2.24, 2.45) is 7.05 Å². The third-order valence-electron chi connectivity index (χ3n) is 2.69. The van der Waals surface area contributed by atoms with Crippen LogP contribution in [-0.4, -0.2) is 19.0 Å². The normalized spacial score (nSPS) is 12.6. The first-order valence-electron chi connectivity index (χ1n) is 5.50. The summed E-state index contributed by atoms with van der Waals surface area (Å²) in [6.07, 6.45) is 0. The molecular weight excluding hydrogens is 270 g/mol. The van der Waals surface area contributed by atoms with Crippen LogP contribution in [0.5, 0.6) is 0 Å². The van der Waals surface area contributed by atoms with Gasteiger partial charge >= 0.3 is 0 Å². The van der Waals surface area contributed by atoms with Crippen molar-refractivity contribution in [2.45, 2.75) is 18.4 Å². The minimum Gasteiger partial charge on any atom is -0.318 e. The molecule has 0 spiro atoms. The van der Waals surface area contributed by atoms with Crippen LogP contribution in [0.25, 0.3) is 0 Å². The van der Waals surface area contributed by atoms with Gasteiger partial charge in [0.05, 0.1) is 5.75 Å². The van der Waals surface area contributed by atoms with Gasteiger partial charge in [0.15, 0.2) is 0 Å². The van der Waals surface area contributed by atoms with Gasteiger partial charge in [-0.05, 0) is 24.6 Å². The fraction of sp³-hybridized carbons (Fsp3) is 0.333. The van der Waals surface area contributed by atoms with Crippen molar-refractivity contribution in [3.8, 4) is 0 Å². The van der Waals surface area contributed by atoms with Gasteiger partial charge in [-0.15, -0.1) is 10.2 Å². The van der Waals surface area contributed by atoms with Crippen molar-refractivity contribution < 1.29 is 4.21 Å². The lowest BCUT2D eigenvalue weighted by Crippen LogP contribution is -2.05. The lowest BCUT2D eigenvalue weighted by molar-refractivity contribution is 0.678. The van der Waals surface area contributed by atoms with E-state index in [-0.39, 0.29) is 0 Å². The van der Waals surface area contributed by atoms with Crippen LogP contribution in [0.1, 0.15) is 17.2 Å². The van der Waals surface area contributed by atoms with Gasteiger partial charge in [-0.1, -0.05) is 23.7 Å². The summed E-state index contributed by atoms with van der Waals surface area (Å²) in [5.41, 5.74) is 0.972. The molecule has 0 saturated carbocycles. The number of rotatable bonds is 4. The van der Waals surface area contributed by atoms with Crippen molar-refractivity contribution in [3.05, 3.63) is 46.5 Å². The fourth-order valence-corrected chi connectivity index (χ4v) is 2.99. The number of aromatic nitrogens is 3. The summed E-state index contributed by atoms with van der Waals surface area (Å²) in [5, 5.41) is 8.62. The SMILES string of the molecule is Cc1nnc(C[S@](=O)Cc2cccc(Cl)c2)n1C. The van der Waals surface area contributed by atoms with E-state index in [1.54, 1.807) is 6.07 Å². The van der Waals surface area contributed by atoms with E-state index in [9.17, 15) is 4.21 Å². The number of hydrogen-bond donors (Lipinski definition) is 0. The molecule has 2 rings (SSSR count). The topological polar surface area (TPSA) is 47.8 Å².